The molecule has 2 heterocycles. The molecule has 14 heteroatoms. The minimum Gasteiger partial charge on any atom is -0.480 e. The first-order valence-corrected chi connectivity index (χ1v) is 22.6. The fourth-order valence-corrected chi connectivity index (χ4v) is 7.95. The Labute approximate surface area is 384 Å². The summed E-state index contributed by atoms with van der Waals surface area (Å²) in [4.78, 5) is 32.2. The predicted octanol–water partition coefficient (Wildman–Crippen LogP) is 6.80. The Balaban J connectivity index is 0.000000272. The first-order valence-electron chi connectivity index (χ1n) is 21.9. The Kier molecular flexibility index (Phi) is 25.0. The van der Waals surface area contributed by atoms with E-state index in [1.807, 2.05) is 30.3 Å². The molecule has 3 N–H and O–H groups in total. The summed E-state index contributed by atoms with van der Waals surface area (Å²) in [5.41, 5.74) is 9.57. The number of nitrogens with zero attached hydrogens (tertiary/aromatic N) is 4. The molecule has 0 spiro atoms. The van der Waals surface area contributed by atoms with Crippen molar-refractivity contribution in [2.45, 2.75) is 24.9 Å². The number of carbonyl (C=O) groups excluding carboxylic acids is 1. The van der Waals surface area contributed by atoms with Gasteiger partial charge in [-0.1, -0.05) is 108 Å². The molecular weight excluding hydrogens is 841 g/mol. The van der Waals surface area contributed by atoms with Crippen LogP contribution in [0.5, 0.6) is 0 Å². The molecule has 2 atom stereocenters. The van der Waals surface area contributed by atoms with Gasteiger partial charge < -0.3 is 29.8 Å². The van der Waals surface area contributed by atoms with Crippen LogP contribution in [0.2, 0.25) is 10.0 Å². The van der Waals surface area contributed by atoms with Gasteiger partial charge in [0.15, 0.2) is 5.78 Å². The Morgan fingerprint density at radius 1 is 0.556 bits per heavy atom. The van der Waals surface area contributed by atoms with Crippen molar-refractivity contribution < 1.29 is 33.6 Å². The number of carboxylic acid groups (broad SMARTS) is 1. The zero-order chi connectivity index (χ0) is 45.1. The van der Waals surface area contributed by atoms with E-state index in [9.17, 15) is 9.59 Å². The zero-order valence-electron chi connectivity index (χ0n) is 37.0. The molecule has 0 bridgehead atoms. The molecule has 0 radical (unpaired) electrons. The number of nitrogens with two attached hydrogens (primary N) is 1. The molecule has 12 nitrogen and oxygen atoms in total. The van der Waals surface area contributed by atoms with Crippen LogP contribution in [-0.4, -0.2) is 162 Å². The zero-order valence-corrected chi connectivity index (χ0v) is 38.5. The smallest absolute Gasteiger partial charge is 0.329 e. The quantitative estimate of drug-likeness (QED) is 0.0760. The van der Waals surface area contributed by atoms with E-state index in [1.165, 1.54) is 29.3 Å². The van der Waals surface area contributed by atoms with Crippen molar-refractivity contribution in [2.75, 3.05) is 126 Å². The summed E-state index contributed by atoms with van der Waals surface area (Å²) < 4.78 is 21.1. The van der Waals surface area contributed by atoms with Crippen LogP contribution >= 0.6 is 23.2 Å². The van der Waals surface area contributed by atoms with Gasteiger partial charge in [0.25, 0.3) is 0 Å². The fourth-order valence-electron chi connectivity index (χ4n) is 7.70. The number of halogens is 2. The van der Waals surface area contributed by atoms with Gasteiger partial charge >= 0.3 is 5.97 Å². The molecule has 2 aliphatic rings. The van der Waals surface area contributed by atoms with Crippen LogP contribution in [0, 0.1) is 0 Å². The fraction of sp³-hybridized carbons (Fsp3) is 0.469. The molecule has 2 aliphatic heterocycles. The third kappa shape index (κ3) is 19.1. The minimum atomic E-state index is -0.923. The average molecular weight is 909 g/mol. The second kappa shape index (κ2) is 30.4. The van der Waals surface area contributed by atoms with E-state index in [1.54, 1.807) is 7.11 Å². The molecule has 0 saturated carbocycles. The number of rotatable bonds is 23. The number of aliphatic carboxylic acids is 1. The average Bonchev–Trinajstić information content (AvgIpc) is 3.32. The molecule has 4 aromatic rings. The number of carbonyl (C=O) groups is 2. The summed E-state index contributed by atoms with van der Waals surface area (Å²) in [6.07, 6.45) is 1.22. The highest BCUT2D eigenvalue weighted by molar-refractivity contribution is 6.30. The topological polar surface area (TPSA) is 130 Å². The van der Waals surface area contributed by atoms with E-state index >= 15 is 0 Å². The van der Waals surface area contributed by atoms with E-state index in [-0.39, 0.29) is 31.1 Å². The lowest BCUT2D eigenvalue weighted by molar-refractivity contribution is -0.142. The Morgan fingerprint density at radius 3 is 1.38 bits per heavy atom. The molecule has 63 heavy (non-hydrogen) atoms. The number of carboxylic acids is 1. The van der Waals surface area contributed by atoms with E-state index < -0.39 is 5.97 Å². The molecule has 2 fully saturated rings. The summed E-state index contributed by atoms with van der Waals surface area (Å²) >= 11 is 12.2. The van der Waals surface area contributed by atoms with Gasteiger partial charge in [0.1, 0.15) is 13.2 Å². The molecule has 344 valence electrons. The maximum absolute atomic E-state index is 12.0. The van der Waals surface area contributed by atoms with Crippen molar-refractivity contribution in [1.29, 1.82) is 0 Å². The van der Waals surface area contributed by atoms with Gasteiger partial charge in [-0.05, 0) is 60.0 Å². The summed E-state index contributed by atoms with van der Waals surface area (Å²) in [5, 5.41) is 10.1. The third-order valence-electron chi connectivity index (χ3n) is 10.9. The van der Waals surface area contributed by atoms with E-state index in [4.69, 9.17) is 47.3 Å². The first kappa shape index (κ1) is 51.9. The van der Waals surface area contributed by atoms with Crippen LogP contribution in [-0.2, 0) is 28.5 Å². The van der Waals surface area contributed by atoms with Crippen molar-refractivity contribution in [2.24, 2.45) is 5.73 Å². The SMILES string of the molecule is CN.COCCOCCCC(=O)COCCN1CCN(C(c2ccccc2)c2ccc(Cl)cc2)CC1.O=C(O)COCCN1CCN(C(c2ccccc2)c2ccc(Cl)cc2)CC1. The molecular formula is C49H67Cl2N5O7. The Bertz CT molecular complexity index is 1810. The predicted molar refractivity (Wildman–Crippen MR) is 252 cm³/mol. The van der Waals surface area contributed by atoms with Crippen LogP contribution in [0.3, 0.4) is 0 Å². The van der Waals surface area contributed by atoms with E-state index in [2.05, 4.69) is 104 Å². The van der Waals surface area contributed by atoms with Gasteiger partial charge in [0.2, 0.25) is 0 Å². The number of benzene rings is 4. The Hall–Kier alpha value is -3.76. The number of ketones is 1. The highest BCUT2D eigenvalue weighted by Crippen LogP contribution is 2.32. The number of piperazine rings is 2. The molecule has 0 aliphatic carbocycles. The maximum Gasteiger partial charge on any atom is 0.329 e. The van der Waals surface area contributed by atoms with Crippen molar-refractivity contribution in [3.63, 3.8) is 0 Å². The van der Waals surface area contributed by atoms with Crippen molar-refractivity contribution in [1.82, 2.24) is 19.6 Å². The van der Waals surface area contributed by atoms with Gasteiger partial charge in [-0.2, -0.15) is 0 Å². The van der Waals surface area contributed by atoms with Gasteiger partial charge in [-0.25, -0.2) is 4.79 Å². The molecule has 0 amide bonds. The van der Waals surface area contributed by atoms with Gasteiger partial charge in [-0.3, -0.25) is 24.4 Å². The largest absolute Gasteiger partial charge is 0.480 e. The monoisotopic (exact) mass is 907 g/mol. The number of hydrogen-bond donors (Lipinski definition) is 2. The van der Waals surface area contributed by atoms with Crippen molar-refractivity contribution in [3.8, 4) is 0 Å². The second-order valence-corrected chi connectivity index (χ2v) is 16.1. The third-order valence-corrected chi connectivity index (χ3v) is 11.4. The number of methoxy groups -OCH3 is 1. The van der Waals surface area contributed by atoms with Crippen LogP contribution in [0.25, 0.3) is 0 Å². The first-order chi connectivity index (χ1) is 30.8. The summed E-state index contributed by atoms with van der Waals surface area (Å²) in [7, 11) is 3.15. The normalized spacial score (nSPS) is 16.0. The van der Waals surface area contributed by atoms with Crippen molar-refractivity contribution in [3.05, 3.63) is 141 Å². The maximum atomic E-state index is 12.0. The lowest BCUT2D eigenvalue weighted by Gasteiger charge is -2.39. The van der Waals surface area contributed by atoms with Crippen molar-refractivity contribution >= 4 is 35.0 Å². The second-order valence-electron chi connectivity index (χ2n) is 15.2. The highest BCUT2D eigenvalue weighted by Gasteiger charge is 2.28. The summed E-state index contributed by atoms with van der Waals surface area (Å²) in [6, 6.07) is 37.9. The van der Waals surface area contributed by atoms with E-state index in [0.717, 1.165) is 81.9 Å². The molecule has 6 rings (SSSR count). The highest BCUT2D eigenvalue weighted by atomic mass is 35.5. The minimum absolute atomic E-state index is 0.133. The number of Topliss-reactive ketones (excluding diaryl/α,β-unsaturated/α-hetero) is 1. The standard InChI is InChI=1S/C27H37ClN2O4.C21H25ClN2O3.CH5N/c1-32-20-21-33-18-5-8-26(31)22-34-19-17-29-13-15-30(16-14-29)27(23-6-3-2-4-7-23)24-9-11-25(28)12-10-24;22-19-8-6-18(7-9-19)21(17-4-2-1-3-5-17)24-12-10-23(11-13-24)14-15-27-16-20(25)26;1-2/h2-4,6-7,9-12,27H,5,8,13-22H2,1H3;1-9,21H,10-16H2,(H,25,26);2H2,1H3. The van der Waals surface area contributed by atoms with Crippen LogP contribution in [0.4, 0.5) is 0 Å². The van der Waals surface area contributed by atoms with Gasteiger partial charge in [0, 0.05) is 95.6 Å². The molecule has 2 saturated heterocycles. The lowest BCUT2D eigenvalue weighted by atomic mass is 9.96. The Morgan fingerprint density at radius 2 is 0.968 bits per heavy atom. The lowest BCUT2D eigenvalue weighted by Crippen LogP contribution is -2.48. The molecule has 0 aromatic heterocycles. The van der Waals surface area contributed by atoms with Gasteiger partial charge in [0.05, 0.1) is 38.5 Å². The number of hydrogen-bond acceptors (Lipinski definition) is 11. The van der Waals surface area contributed by atoms with E-state index in [0.29, 0.717) is 39.5 Å². The summed E-state index contributed by atoms with van der Waals surface area (Å²) in [5.74, 6) is -0.790. The molecule has 4 aromatic carbocycles. The van der Waals surface area contributed by atoms with Gasteiger partial charge in [-0.15, -0.1) is 0 Å². The molecule has 2 unspecified atom stereocenters. The van der Waals surface area contributed by atoms with Crippen LogP contribution in [0.15, 0.2) is 109 Å². The van der Waals surface area contributed by atoms with Crippen LogP contribution < -0.4 is 5.73 Å². The summed E-state index contributed by atoms with van der Waals surface area (Å²) in [6.45, 7) is 12.0. The number of ether oxygens (including phenoxy) is 4. The van der Waals surface area contributed by atoms with Crippen LogP contribution in [0.1, 0.15) is 47.2 Å².